The molecule has 4 rings (SSSR count). The molecular weight excluding hydrogens is 370 g/mol. The standard InChI is InChI=1S/C21H23N5OS/c1-3-15-6-8-17(9-7-15)23-20(27)14(2)28-21-25-24-19(26(21)18-10-11-18)16-5-4-12-22-13-16/h4-9,12-14,18H,3,10-11H2,1-2H3,(H,23,27)/t14-/m1/s1. The van der Waals surface area contributed by atoms with Gasteiger partial charge in [-0.1, -0.05) is 30.8 Å². The highest BCUT2D eigenvalue weighted by Crippen LogP contribution is 2.41. The molecule has 2 aromatic heterocycles. The van der Waals surface area contributed by atoms with E-state index in [1.54, 1.807) is 12.4 Å². The first-order valence-electron chi connectivity index (χ1n) is 9.57. The normalized spacial score (nSPS) is 14.6. The fraction of sp³-hybridized carbons (Fsp3) is 0.333. The number of benzene rings is 1. The van der Waals surface area contributed by atoms with Gasteiger partial charge in [0.1, 0.15) is 0 Å². The van der Waals surface area contributed by atoms with Gasteiger partial charge in [-0.2, -0.15) is 0 Å². The van der Waals surface area contributed by atoms with Crippen LogP contribution in [0.4, 0.5) is 5.69 Å². The van der Waals surface area contributed by atoms with Crippen molar-refractivity contribution in [3.63, 3.8) is 0 Å². The number of rotatable bonds is 7. The fourth-order valence-electron chi connectivity index (χ4n) is 2.99. The highest BCUT2D eigenvalue weighted by Gasteiger charge is 2.31. The number of pyridine rings is 1. The van der Waals surface area contributed by atoms with Crippen LogP contribution in [0.3, 0.4) is 0 Å². The monoisotopic (exact) mass is 393 g/mol. The van der Waals surface area contributed by atoms with Crippen molar-refractivity contribution in [2.45, 2.75) is 49.6 Å². The number of thioether (sulfide) groups is 1. The number of carbonyl (C=O) groups excluding carboxylic acids is 1. The van der Waals surface area contributed by atoms with E-state index in [4.69, 9.17) is 0 Å². The third-order valence-corrected chi connectivity index (χ3v) is 5.83. The Kier molecular flexibility index (Phi) is 5.43. The minimum absolute atomic E-state index is 0.0393. The summed E-state index contributed by atoms with van der Waals surface area (Å²) in [7, 11) is 0. The van der Waals surface area contributed by atoms with Gasteiger partial charge in [-0.25, -0.2) is 0 Å². The van der Waals surface area contributed by atoms with E-state index in [0.717, 1.165) is 41.5 Å². The number of hydrogen-bond donors (Lipinski definition) is 1. The number of aryl methyl sites for hydroxylation is 1. The molecule has 0 aliphatic heterocycles. The van der Waals surface area contributed by atoms with Crippen LogP contribution in [0.1, 0.15) is 38.3 Å². The Hall–Kier alpha value is -2.67. The summed E-state index contributed by atoms with van der Waals surface area (Å²) in [5.41, 5.74) is 3.01. The van der Waals surface area contributed by atoms with Gasteiger partial charge in [-0.3, -0.25) is 14.3 Å². The van der Waals surface area contributed by atoms with Crippen LogP contribution < -0.4 is 5.32 Å². The zero-order valence-corrected chi connectivity index (χ0v) is 16.8. The van der Waals surface area contributed by atoms with Crippen molar-refractivity contribution in [2.24, 2.45) is 0 Å². The smallest absolute Gasteiger partial charge is 0.237 e. The van der Waals surface area contributed by atoms with Gasteiger partial charge in [0.25, 0.3) is 0 Å². The summed E-state index contributed by atoms with van der Waals surface area (Å²) in [5.74, 6) is 0.781. The molecule has 1 aliphatic carbocycles. The first kappa shape index (κ1) is 18.7. The molecule has 144 valence electrons. The van der Waals surface area contributed by atoms with Gasteiger partial charge in [-0.05, 0) is 56.0 Å². The highest BCUT2D eigenvalue weighted by atomic mass is 32.2. The molecule has 1 N–H and O–H groups in total. The van der Waals surface area contributed by atoms with Crippen LogP contribution in [0, 0.1) is 0 Å². The predicted octanol–water partition coefficient (Wildman–Crippen LogP) is 4.36. The quantitative estimate of drug-likeness (QED) is 0.604. The molecule has 1 amide bonds. The van der Waals surface area contributed by atoms with Crippen LogP contribution in [0.25, 0.3) is 11.4 Å². The number of anilines is 1. The number of nitrogens with zero attached hydrogens (tertiary/aromatic N) is 4. The Labute approximate surface area is 168 Å². The van der Waals surface area contributed by atoms with E-state index < -0.39 is 0 Å². The second-order valence-electron chi connectivity index (χ2n) is 6.95. The van der Waals surface area contributed by atoms with E-state index in [0.29, 0.717) is 6.04 Å². The number of hydrogen-bond acceptors (Lipinski definition) is 5. The molecule has 6 nitrogen and oxygen atoms in total. The molecule has 7 heteroatoms. The lowest BCUT2D eigenvalue weighted by molar-refractivity contribution is -0.115. The molecule has 1 atom stereocenters. The topological polar surface area (TPSA) is 72.7 Å². The SMILES string of the molecule is CCc1ccc(NC(=O)[C@@H](C)Sc2nnc(-c3cccnc3)n2C2CC2)cc1. The fourth-order valence-corrected chi connectivity index (χ4v) is 3.91. The zero-order valence-electron chi connectivity index (χ0n) is 16.0. The highest BCUT2D eigenvalue weighted by molar-refractivity contribution is 8.00. The van der Waals surface area contributed by atoms with Gasteiger partial charge >= 0.3 is 0 Å². The van der Waals surface area contributed by atoms with Crippen molar-refractivity contribution < 1.29 is 4.79 Å². The lowest BCUT2D eigenvalue weighted by atomic mass is 10.1. The van der Waals surface area contributed by atoms with E-state index >= 15 is 0 Å². The van der Waals surface area contributed by atoms with Crippen molar-refractivity contribution in [3.05, 3.63) is 54.4 Å². The van der Waals surface area contributed by atoms with Crippen LogP contribution in [-0.4, -0.2) is 30.9 Å². The van der Waals surface area contributed by atoms with E-state index in [9.17, 15) is 4.79 Å². The van der Waals surface area contributed by atoms with E-state index in [-0.39, 0.29) is 11.2 Å². The van der Waals surface area contributed by atoms with Gasteiger partial charge in [0, 0.05) is 29.7 Å². The number of carbonyl (C=O) groups is 1. The summed E-state index contributed by atoms with van der Waals surface area (Å²) in [4.78, 5) is 16.8. The molecule has 28 heavy (non-hydrogen) atoms. The Bertz CT molecular complexity index is 951. The molecule has 1 aromatic carbocycles. The first-order chi connectivity index (χ1) is 13.7. The van der Waals surface area contributed by atoms with Crippen LogP contribution in [0.2, 0.25) is 0 Å². The molecule has 0 saturated heterocycles. The third kappa shape index (κ3) is 4.09. The minimum Gasteiger partial charge on any atom is -0.325 e. The molecular formula is C21H23N5OS. The van der Waals surface area contributed by atoms with Gasteiger partial charge in [-0.15, -0.1) is 10.2 Å². The van der Waals surface area contributed by atoms with Crippen LogP contribution in [-0.2, 0) is 11.2 Å². The van der Waals surface area contributed by atoms with Gasteiger partial charge < -0.3 is 5.32 Å². The third-order valence-electron chi connectivity index (χ3n) is 4.78. The lowest BCUT2D eigenvalue weighted by Crippen LogP contribution is -2.23. The Morgan fingerprint density at radius 2 is 2.04 bits per heavy atom. The van der Waals surface area contributed by atoms with Crippen LogP contribution in [0.5, 0.6) is 0 Å². The second-order valence-corrected chi connectivity index (χ2v) is 8.26. The van der Waals surface area contributed by atoms with E-state index in [1.807, 2.05) is 43.3 Å². The molecule has 0 unspecified atom stereocenters. The van der Waals surface area contributed by atoms with Gasteiger partial charge in [0.05, 0.1) is 5.25 Å². The maximum absolute atomic E-state index is 12.6. The van der Waals surface area contributed by atoms with Crippen LogP contribution in [0.15, 0.2) is 53.9 Å². The molecule has 3 aromatic rings. The molecule has 0 bridgehead atoms. The van der Waals surface area contributed by atoms with Crippen molar-refractivity contribution in [1.29, 1.82) is 0 Å². The van der Waals surface area contributed by atoms with E-state index in [1.165, 1.54) is 17.3 Å². The molecule has 1 aliphatic rings. The summed E-state index contributed by atoms with van der Waals surface area (Å²) in [6.07, 6.45) is 6.76. The summed E-state index contributed by atoms with van der Waals surface area (Å²) < 4.78 is 2.15. The van der Waals surface area contributed by atoms with Gasteiger partial charge in [0.2, 0.25) is 5.91 Å². The Morgan fingerprint density at radius 3 is 2.68 bits per heavy atom. The maximum atomic E-state index is 12.6. The number of nitrogens with one attached hydrogen (secondary N) is 1. The van der Waals surface area contributed by atoms with Crippen molar-refractivity contribution in [2.75, 3.05) is 5.32 Å². The molecule has 0 radical (unpaired) electrons. The lowest BCUT2D eigenvalue weighted by Gasteiger charge is -2.13. The number of aromatic nitrogens is 4. The maximum Gasteiger partial charge on any atom is 0.237 e. The predicted molar refractivity (Wildman–Crippen MR) is 111 cm³/mol. The van der Waals surface area contributed by atoms with Crippen molar-refractivity contribution in [1.82, 2.24) is 19.7 Å². The summed E-state index contributed by atoms with van der Waals surface area (Å²) in [5, 5.41) is 12.2. The Balaban J connectivity index is 1.49. The summed E-state index contributed by atoms with van der Waals surface area (Å²) in [6.45, 7) is 4.01. The minimum atomic E-state index is -0.283. The van der Waals surface area contributed by atoms with E-state index in [2.05, 4.69) is 32.0 Å². The van der Waals surface area contributed by atoms with Crippen molar-refractivity contribution in [3.8, 4) is 11.4 Å². The number of amides is 1. The first-order valence-corrected chi connectivity index (χ1v) is 10.5. The second kappa shape index (κ2) is 8.14. The van der Waals surface area contributed by atoms with Crippen LogP contribution >= 0.6 is 11.8 Å². The zero-order chi connectivity index (χ0) is 19.5. The molecule has 2 heterocycles. The van der Waals surface area contributed by atoms with Gasteiger partial charge in [0.15, 0.2) is 11.0 Å². The largest absolute Gasteiger partial charge is 0.325 e. The average molecular weight is 394 g/mol. The summed E-state index contributed by atoms with van der Waals surface area (Å²) in [6, 6.07) is 12.3. The molecule has 0 spiro atoms. The Morgan fingerprint density at radius 1 is 1.25 bits per heavy atom. The molecule has 1 saturated carbocycles. The average Bonchev–Trinajstić information content (AvgIpc) is 3.49. The van der Waals surface area contributed by atoms with Crippen molar-refractivity contribution >= 4 is 23.4 Å². The summed E-state index contributed by atoms with van der Waals surface area (Å²) >= 11 is 1.45. The molecule has 1 fully saturated rings.